The average molecular weight is 401 g/mol. The number of carbonyl (C=O) groups excluding carboxylic acids is 1. The Hall–Kier alpha value is -2.15. The summed E-state index contributed by atoms with van der Waals surface area (Å²) in [6.45, 7) is 6.42. The number of thioether (sulfide) groups is 1. The topological polar surface area (TPSA) is 51.0 Å². The van der Waals surface area contributed by atoms with Gasteiger partial charge in [0.25, 0.3) is 0 Å². The summed E-state index contributed by atoms with van der Waals surface area (Å²) in [5.41, 5.74) is 0.400. The number of carbonyl (C=O) groups is 1. The number of rotatable bonds is 9. The number of allylic oxidation sites excluding steroid dienone is 1. The Morgan fingerprint density at radius 1 is 1.36 bits per heavy atom. The maximum atomic E-state index is 14.2. The SMILES string of the molecule is C=CCn1c(SCC(=O)N(C2CC2)C(C)C2CC2)nnc1-c1ccccc1F. The van der Waals surface area contributed by atoms with Gasteiger partial charge >= 0.3 is 0 Å². The molecule has 0 aliphatic heterocycles. The van der Waals surface area contributed by atoms with E-state index in [0.717, 1.165) is 12.8 Å². The van der Waals surface area contributed by atoms with Crippen molar-refractivity contribution >= 4 is 17.7 Å². The van der Waals surface area contributed by atoms with E-state index in [1.807, 2.05) is 4.57 Å². The molecule has 0 N–H and O–H groups in total. The van der Waals surface area contributed by atoms with Crippen LogP contribution in [-0.4, -0.2) is 43.4 Å². The van der Waals surface area contributed by atoms with Crippen LogP contribution in [-0.2, 0) is 11.3 Å². The van der Waals surface area contributed by atoms with Crippen molar-refractivity contribution in [3.05, 3.63) is 42.7 Å². The van der Waals surface area contributed by atoms with Crippen molar-refractivity contribution in [3.63, 3.8) is 0 Å². The van der Waals surface area contributed by atoms with E-state index in [0.29, 0.717) is 46.8 Å². The number of halogens is 1. The Kier molecular flexibility index (Phi) is 5.53. The summed E-state index contributed by atoms with van der Waals surface area (Å²) in [7, 11) is 0. The van der Waals surface area contributed by atoms with Gasteiger partial charge in [-0.25, -0.2) is 4.39 Å². The second kappa shape index (κ2) is 8.07. The second-order valence-electron chi connectivity index (χ2n) is 7.58. The summed E-state index contributed by atoms with van der Waals surface area (Å²) >= 11 is 1.37. The third kappa shape index (κ3) is 3.99. The Morgan fingerprint density at radius 3 is 2.75 bits per heavy atom. The Labute approximate surface area is 169 Å². The molecule has 4 rings (SSSR count). The highest BCUT2D eigenvalue weighted by atomic mass is 32.2. The van der Waals surface area contributed by atoms with Gasteiger partial charge in [0.05, 0.1) is 11.3 Å². The first-order valence-electron chi connectivity index (χ1n) is 9.83. The molecule has 148 valence electrons. The molecule has 2 fully saturated rings. The summed E-state index contributed by atoms with van der Waals surface area (Å²) in [4.78, 5) is 15.0. The maximum Gasteiger partial charge on any atom is 0.233 e. The van der Waals surface area contributed by atoms with Crippen LogP contribution in [0.25, 0.3) is 11.4 Å². The standard InChI is InChI=1S/C21H25FN4OS/c1-3-12-25-20(17-6-4-5-7-18(17)22)23-24-21(25)28-13-19(27)26(16-10-11-16)14(2)15-8-9-15/h3-7,14-16H,1,8-13H2,2H3. The van der Waals surface area contributed by atoms with Gasteiger partial charge in [0.2, 0.25) is 5.91 Å². The lowest BCUT2D eigenvalue weighted by Crippen LogP contribution is -2.42. The molecule has 1 heterocycles. The number of hydrogen-bond acceptors (Lipinski definition) is 4. The van der Waals surface area contributed by atoms with E-state index in [4.69, 9.17) is 0 Å². The number of benzene rings is 1. The van der Waals surface area contributed by atoms with Crippen LogP contribution in [0.1, 0.15) is 32.6 Å². The Balaban J connectivity index is 1.50. The first-order chi connectivity index (χ1) is 13.6. The van der Waals surface area contributed by atoms with Gasteiger partial charge in [-0.3, -0.25) is 9.36 Å². The van der Waals surface area contributed by atoms with Gasteiger partial charge in [-0.1, -0.05) is 30.0 Å². The summed E-state index contributed by atoms with van der Waals surface area (Å²) in [5.74, 6) is 1.25. The monoisotopic (exact) mass is 400 g/mol. The van der Waals surface area contributed by atoms with Gasteiger partial charge in [0, 0.05) is 18.6 Å². The molecule has 1 aromatic heterocycles. The van der Waals surface area contributed by atoms with Crippen LogP contribution in [0.3, 0.4) is 0 Å². The minimum Gasteiger partial charge on any atom is -0.336 e. The molecule has 1 aromatic carbocycles. The number of hydrogen-bond donors (Lipinski definition) is 0. The summed E-state index contributed by atoms with van der Waals surface area (Å²) < 4.78 is 16.0. The normalized spacial score (nSPS) is 17.4. The van der Waals surface area contributed by atoms with Crippen LogP contribution in [0.5, 0.6) is 0 Å². The van der Waals surface area contributed by atoms with E-state index in [1.54, 1.807) is 24.3 Å². The quantitative estimate of drug-likeness (QED) is 0.469. The van der Waals surface area contributed by atoms with Crippen molar-refractivity contribution in [1.29, 1.82) is 0 Å². The van der Waals surface area contributed by atoms with E-state index < -0.39 is 0 Å². The minimum atomic E-state index is -0.342. The lowest BCUT2D eigenvalue weighted by Gasteiger charge is -2.29. The number of nitrogens with zero attached hydrogens (tertiary/aromatic N) is 4. The second-order valence-corrected chi connectivity index (χ2v) is 8.53. The highest BCUT2D eigenvalue weighted by Gasteiger charge is 2.41. The third-order valence-corrected chi connectivity index (χ3v) is 6.39. The van der Waals surface area contributed by atoms with Crippen molar-refractivity contribution in [2.45, 2.75) is 56.4 Å². The van der Waals surface area contributed by atoms with Crippen molar-refractivity contribution in [1.82, 2.24) is 19.7 Å². The molecule has 0 saturated heterocycles. The smallest absolute Gasteiger partial charge is 0.233 e. The molecule has 7 heteroatoms. The van der Waals surface area contributed by atoms with Crippen LogP contribution >= 0.6 is 11.8 Å². The molecule has 1 atom stereocenters. The van der Waals surface area contributed by atoms with Crippen molar-refractivity contribution < 1.29 is 9.18 Å². The van der Waals surface area contributed by atoms with Gasteiger partial charge in [0.15, 0.2) is 11.0 Å². The zero-order valence-corrected chi connectivity index (χ0v) is 16.9. The average Bonchev–Trinajstić information content (AvgIpc) is 3.59. The first kappa shape index (κ1) is 19.2. The summed E-state index contributed by atoms with van der Waals surface area (Å²) in [6.07, 6.45) is 6.40. The van der Waals surface area contributed by atoms with E-state index in [2.05, 4.69) is 28.6 Å². The fraction of sp³-hybridized carbons (Fsp3) is 0.476. The first-order valence-corrected chi connectivity index (χ1v) is 10.8. The molecule has 0 radical (unpaired) electrons. The van der Waals surface area contributed by atoms with Crippen LogP contribution in [0.4, 0.5) is 4.39 Å². The van der Waals surface area contributed by atoms with Gasteiger partial charge in [-0.05, 0) is 50.7 Å². The lowest BCUT2D eigenvalue weighted by molar-refractivity contribution is -0.131. The van der Waals surface area contributed by atoms with Crippen molar-refractivity contribution in [2.75, 3.05) is 5.75 Å². The third-order valence-electron chi connectivity index (χ3n) is 5.44. The maximum absolute atomic E-state index is 14.2. The molecule has 28 heavy (non-hydrogen) atoms. The summed E-state index contributed by atoms with van der Waals surface area (Å²) in [6, 6.07) is 7.24. The van der Waals surface area contributed by atoms with Crippen LogP contribution < -0.4 is 0 Å². The molecule has 0 spiro atoms. The van der Waals surface area contributed by atoms with E-state index in [9.17, 15) is 9.18 Å². The van der Waals surface area contributed by atoms with Crippen LogP contribution in [0.2, 0.25) is 0 Å². The van der Waals surface area contributed by atoms with Gasteiger partial charge in [0.1, 0.15) is 5.82 Å². The van der Waals surface area contributed by atoms with Crippen LogP contribution in [0, 0.1) is 11.7 Å². The molecule has 1 unspecified atom stereocenters. The van der Waals surface area contributed by atoms with E-state index in [1.165, 1.54) is 30.7 Å². The largest absolute Gasteiger partial charge is 0.336 e. The molecular formula is C21H25FN4OS. The number of amides is 1. The molecule has 2 aliphatic rings. The molecule has 2 aliphatic carbocycles. The molecule has 1 amide bonds. The van der Waals surface area contributed by atoms with Crippen molar-refractivity contribution in [2.24, 2.45) is 5.92 Å². The summed E-state index contributed by atoms with van der Waals surface area (Å²) in [5, 5.41) is 9.03. The predicted molar refractivity (Wildman–Crippen MR) is 108 cm³/mol. The lowest BCUT2D eigenvalue weighted by atomic mass is 10.2. The molecule has 2 saturated carbocycles. The molecular weight excluding hydrogens is 375 g/mol. The van der Waals surface area contributed by atoms with E-state index >= 15 is 0 Å². The van der Waals surface area contributed by atoms with E-state index in [-0.39, 0.29) is 11.7 Å². The number of aromatic nitrogens is 3. The molecule has 0 bridgehead atoms. The Bertz CT molecular complexity index is 875. The zero-order chi connectivity index (χ0) is 19.7. The molecule has 2 aromatic rings. The van der Waals surface area contributed by atoms with Gasteiger partial charge < -0.3 is 4.90 Å². The Morgan fingerprint density at radius 2 is 2.11 bits per heavy atom. The fourth-order valence-electron chi connectivity index (χ4n) is 3.65. The van der Waals surface area contributed by atoms with Crippen molar-refractivity contribution in [3.8, 4) is 11.4 Å². The van der Waals surface area contributed by atoms with Gasteiger partial charge in [-0.2, -0.15) is 0 Å². The fourth-order valence-corrected chi connectivity index (χ4v) is 4.47. The van der Waals surface area contributed by atoms with Gasteiger partial charge in [-0.15, -0.1) is 16.8 Å². The van der Waals surface area contributed by atoms with Crippen LogP contribution in [0.15, 0.2) is 42.1 Å². The predicted octanol–water partition coefficient (Wildman–Crippen LogP) is 4.15. The highest BCUT2D eigenvalue weighted by molar-refractivity contribution is 7.99. The molecule has 5 nitrogen and oxygen atoms in total. The zero-order valence-electron chi connectivity index (χ0n) is 16.1. The minimum absolute atomic E-state index is 0.160. The highest BCUT2D eigenvalue weighted by Crippen LogP contribution is 2.40.